The van der Waals surface area contributed by atoms with Gasteiger partial charge >= 0.3 is 6.09 Å². The molecule has 0 bridgehead atoms. The van der Waals surface area contributed by atoms with Crippen molar-refractivity contribution in [3.63, 3.8) is 0 Å². The van der Waals surface area contributed by atoms with Gasteiger partial charge in [0.15, 0.2) is 5.11 Å². The molecule has 7 heteroatoms. The van der Waals surface area contributed by atoms with Crippen molar-refractivity contribution in [3.8, 4) is 0 Å². The fourth-order valence-electron chi connectivity index (χ4n) is 0.706. The molecule has 0 saturated carbocycles. The van der Waals surface area contributed by atoms with E-state index in [0.717, 1.165) is 10.0 Å². The first-order chi connectivity index (χ1) is 6.61. The number of anilines is 1. The lowest BCUT2D eigenvalue weighted by Gasteiger charge is -2.05. The SMILES string of the molecule is COC(=O)NC(=S)Nc1cnc(C)s1. The number of methoxy groups -OCH3 is 1. The molecule has 0 aromatic carbocycles. The number of hydrogen-bond acceptors (Lipinski definition) is 5. The number of aryl methyl sites for hydroxylation is 1. The first-order valence-corrected chi connectivity index (χ1v) is 4.92. The Hall–Kier alpha value is -1.21. The number of nitrogens with one attached hydrogen (secondary N) is 2. The maximum atomic E-state index is 10.7. The molecule has 0 radical (unpaired) electrons. The Morgan fingerprint density at radius 2 is 2.43 bits per heavy atom. The lowest BCUT2D eigenvalue weighted by molar-refractivity contribution is 0.177. The summed E-state index contributed by atoms with van der Waals surface area (Å²) in [5.74, 6) is 0. The predicted molar refractivity (Wildman–Crippen MR) is 58.6 cm³/mol. The number of thiocarbonyl (C=S) groups is 1. The Balaban J connectivity index is 2.45. The van der Waals surface area contributed by atoms with Crippen LogP contribution in [-0.4, -0.2) is 23.3 Å². The average Bonchev–Trinajstić information content (AvgIpc) is 2.50. The minimum absolute atomic E-state index is 0.195. The van der Waals surface area contributed by atoms with Gasteiger partial charge in [0.2, 0.25) is 0 Å². The first kappa shape index (κ1) is 10.9. The van der Waals surface area contributed by atoms with Crippen molar-refractivity contribution in [1.29, 1.82) is 0 Å². The van der Waals surface area contributed by atoms with Gasteiger partial charge in [0, 0.05) is 0 Å². The number of rotatable bonds is 1. The number of ether oxygens (including phenoxy) is 1. The summed E-state index contributed by atoms with van der Waals surface area (Å²) in [6.45, 7) is 1.88. The number of thiazole rings is 1. The summed E-state index contributed by atoms with van der Waals surface area (Å²) in [5, 5.41) is 7.03. The van der Waals surface area contributed by atoms with E-state index in [1.165, 1.54) is 18.4 Å². The van der Waals surface area contributed by atoms with Crippen LogP contribution in [0.3, 0.4) is 0 Å². The van der Waals surface area contributed by atoms with Crippen molar-refractivity contribution in [2.75, 3.05) is 12.4 Å². The highest BCUT2D eigenvalue weighted by molar-refractivity contribution is 7.80. The van der Waals surface area contributed by atoms with Gasteiger partial charge in [-0.15, -0.1) is 11.3 Å². The quantitative estimate of drug-likeness (QED) is 0.717. The van der Waals surface area contributed by atoms with Gasteiger partial charge in [0.05, 0.1) is 18.3 Å². The molecule has 1 rings (SSSR count). The van der Waals surface area contributed by atoms with E-state index in [0.29, 0.717) is 0 Å². The van der Waals surface area contributed by atoms with Crippen LogP contribution in [-0.2, 0) is 4.74 Å². The summed E-state index contributed by atoms with van der Waals surface area (Å²) >= 11 is 6.29. The molecule has 76 valence electrons. The highest BCUT2D eigenvalue weighted by Gasteiger charge is 2.04. The molecule has 0 saturated heterocycles. The second-order valence-corrected chi connectivity index (χ2v) is 3.96. The van der Waals surface area contributed by atoms with E-state index in [-0.39, 0.29) is 5.11 Å². The fraction of sp³-hybridized carbons (Fsp3) is 0.286. The number of nitrogens with zero attached hydrogens (tertiary/aromatic N) is 1. The topological polar surface area (TPSA) is 63.2 Å². The molecular weight excluding hydrogens is 222 g/mol. The van der Waals surface area contributed by atoms with Crippen molar-refractivity contribution in [3.05, 3.63) is 11.2 Å². The van der Waals surface area contributed by atoms with Crippen LogP contribution in [0.4, 0.5) is 9.80 Å². The summed E-state index contributed by atoms with van der Waals surface area (Å²) < 4.78 is 4.37. The summed E-state index contributed by atoms with van der Waals surface area (Å²) in [6.07, 6.45) is 1.05. The second kappa shape index (κ2) is 4.87. The van der Waals surface area contributed by atoms with Gasteiger partial charge in [-0.2, -0.15) is 0 Å². The summed E-state index contributed by atoms with van der Waals surface area (Å²) in [7, 11) is 1.27. The van der Waals surface area contributed by atoms with E-state index in [1.54, 1.807) is 6.20 Å². The molecule has 0 spiro atoms. The third kappa shape index (κ3) is 3.27. The second-order valence-electron chi connectivity index (χ2n) is 2.31. The van der Waals surface area contributed by atoms with Gasteiger partial charge in [0.1, 0.15) is 5.00 Å². The zero-order valence-corrected chi connectivity index (χ0v) is 9.29. The van der Waals surface area contributed by atoms with Crippen LogP contribution in [0.2, 0.25) is 0 Å². The lowest BCUT2D eigenvalue weighted by atomic mass is 10.8. The Kier molecular flexibility index (Phi) is 3.78. The number of carbonyl (C=O) groups excluding carboxylic acids is 1. The highest BCUT2D eigenvalue weighted by Crippen LogP contribution is 2.16. The Labute approximate surface area is 90.5 Å². The largest absolute Gasteiger partial charge is 0.453 e. The molecule has 1 aromatic heterocycles. The standard InChI is InChI=1S/C7H9N3O2S2/c1-4-8-3-5(14-4)9-6(13)10-7(11)12-2/h3H,1-2H3,(H2,9,10,11,13). The summed E-state index contributed by atoms with van der Waals surface area (Å²) in [6, 6.07) is 0. The van der Waals surface area contributed by atoms with Crippen molar-refractivity contribution in [2.45, 2.75) is 6.92 Å². The smallest absolute Gasteiger partial charge is 0.413 e. The summed E-state index contributed by atoms with van der Waals surface area (Å²) in [5.41, 5.74) is 0. The zero-order valence-electron chi connectivity index (χ0n) is 7.66. The van der Waals surface area contributed by atoms with E-state index in [9.17, 15) is 4.79 Å². The molecule has 1 aromatic rings. The molecule has 0 aliphatic heterocycles. The molecule has 0 aliphatic carbocycles. The normalized spacial score (nSPS) is 9.29. The van der Waals surface area contributed by atoms with E-state index in [1.807, 2.05) is 6.92 Å². The van der Waals surface area contributed by atoms with Crippen LogP contribution in [0.1, 0.15) is 5.01 Å². The van der Waals surface area contributed by atoms with E-state index >= 15 is 0 Å². The number of hydrogen-bond donors (Lipinski definition) is 2. The minimum atomic E-state index is -0.594. The Bertz CT molecular complexity index is 350. The van der Waals surface area contributed by atoms with Gasteiger partial charge in [-0.05, 0) is 19.1 Å². The van der Waals surface area contributed by atoms with Gasteiger partial charge in [0.25, 0.3) is 0 Å². The number of alkyl carbamates (subject to hydrolysis) is 1. The van der Waals surface area contributed by atoms with Crippen LogP contribution in [0, 0.1) is 6.92 Å². The van der Waals surface area contributed by atoms with Gasteiger partial charge in [-0.3, -0.25) is 5.32 Å². The van der Waals surface area contributed by atoms with Gasteiger partial charge < -0.3 is 10.1 Å². The van der Waals surface area contributed by atoms with E-state index < -0.39 is 6.09 Å². The third-order valence-corrected chi connectivity index (χ3v) is 2.29. The van der Waals surface area contributed by atoms with Gasteiger partial charge in [-0.1, -0.05) is 0 Å². The zero-order chi connectivity index (χ0) is 10.6. The molecule has 0 unspecified atom stereocenters. The van der Waals surface area contributed by atoms with E-state index in [2.05, 4.69) is 20.4 Å². The van der Waals surface area contributed by atoms with Crippen LogP contribution in [0.5, 0.6) is 0 Å². The van der Waals surface area contributed by atoms with Crippen LogP contribution in [0.25, 0.3) is 0 Å². The first-order valence-electron chi connectivity index (χ1n) is 3.70. The third-order valence-electron chi connectivity index (χ3n) is 1.26. The fourth-order valence-corrected chi connectivity index (χ4v) is 1.65. The minimum Gasteiger partial charge on any atom is -0.453 e. The molecule has 0 fully saturated rings. The Morgan fingerprint density at radius 3 is 2.93 bits per heavy atom. The molecule has 1 heterocycles. The molecule has 2 N–H and O–H groups in total. The van der Waals surface area contributed by atoms with Crippen LogP contribution in [0.15, 0.2) is 6.20 Å². The predicted octanol–water partition coefficient (Wildman–Crippen LogP) is 1.50. The van der Waals surface area contributed by atoms with Crippen LogP contribution < -0.4 is 10.6 Å². The van der Waals surface area contributed by atoms with Crippen molar-refractivity contribution >= 4 is 39.8 Å². The average molecular weight is 231 g/mol. The molecule has 0 atom stereocenters. The molecule has 1 amide bonds. The van der Waals surface area contributed by atoms with E-state index in [4.69, 9.17) is 12.2 Å². The molecular formula is C7H9N3O2S2. The maximum Gasteiger partial charge on any atom is 0.413 e. The number of amides is 1. The van der Waals surface area contributed by atoms with Crippen molar-refractivity contribution in [1.82, 2.24) is 10.3 Å². The summed E-state index contributed by atoms with van der Waals surface area (Å²) in [4.78, 5) is 14.8. The monoisotopic (exact) mass is 231 g/mol. The Morgan fingerprint density at radius 1 is 1.71 bits per heavy atom. The molecule has 0 aliphatic rings. The highest BCUT2D eigenvalue weighted by atomic mass is 32.1. The van der Waals surface area contributed by atoms with Gasteiger partial charge in [-0.25, -0.2) is 9.78 Å². The lowest BCUT2D eigenvalue weighted by Crippen LogP contribution is -2.33. The number of carbonyl (C=O) groups is 1. The van der Waals surface area contributed by atoms with Crippen molar-refractivity contribution < 1.29 is 9.53 Å². The van der Waals surface area contributed by atoms with Crippen LogP contribution >= 0.6 is 23.6 Å². The molecule has 5 nitrogen and oxygen atoms in total. The maximum absolute atomic E-state index is 10.7. The number of aromatic nitrogens is 1. The van der Waals surface area contributed by atoms with Crippen molar-refractivity contribution in [2.24, 2.45) is 0 Å². The molecule has 14 heavy (non-hydrogen) atoms.